The molecule has 0 bridgehead atoms. The topological polar surface area (TPSA) is 21.3 Å². The summed E-state index contributed by atoms with van der Waals surface area (Å²) in [6.45, 7) is 1.96. The fraction of sp³-hybridized carbons (Fsp3) is 0.286. The number of rotatable bonds is 4. The van der Waals surface area contributed by atoms with Crippen LogP contribution in [0.25, 0.3) is 0 Å². The zero-order valence-electron chi connectivity index (χ0n) is 10.7. The van der Waals surface area contributed by atoms with Crippen LogP contribution >= 0.6 is 11.3 Å². The summed E-state index contributed by atoms with van der Waals surface area (Å²) in [5.41, 5.74) is 1.69. The molecule has 0 amide bonds. The van der Waals surface area contributed by atoms with E-state index in [1.807, 2.05) is 31.5 Å². The molecule has 0 radical (unpaired) electrons. The average Bonchev–Trinajstić information content (AvgIpc) is 2.83. The van der Waals surface area contributed by atoms with E-state index in [0.717, 1.165) is 16.2 Å². The van der Waals surface area contributed by atoms with Gasteiger partial charge in [0.2, 0.25) is 0 Å². The summed E-state index contributed by atoms with van der Waals surface area (Å²) in [6, 6.07) is 6.87. The zero-order chi connectivity index (χ0) is 13.1. The summed E-state index contributed by atoms with van der Waals surface area (Å²) < 4.78 is 19.3. The SMILES string of the molecule is CNC(c1cc(C)ccc1F)c1sccc1OC. The van der Waals surface area contributed by atoms with Crippen LogP contribution in [0, 0.1) is 12.7 Å². The van der Waals surface area contributed by atoms with E-state index >= 15 is 0 Å². The van der Waals surface area contributed by atoms with Crippen LogP contribution in [0.1, 0.15) is 22.0 Å². The molecule has 1 heterocycles. The van der Waals surface area contributed by atoms with Gasteiger partial charge in [0.05, 0.1) is 18.0 Å². The first-order valence-electron chi connectivity index (χ1n) is 5.72. The Labute approximate surface area is 110 Å². The molecule has 0 fully saturated rings. The molecule has 4 heteroatoms. The minimum atomic E-state index is -0.199. The third-order valence-electron chi connectivity index (χ3n) is 2.89. The minimum Gasteiger partial charge on any atom is -0.496 e. The van der Waals surface area contributed by atoms with Crippen molar-refractivity contribution in [2.24, 2.45) is 0 Å². The molecular weight excluding hydrogens is 249 g/mol. The Morgan fingerprint density at radius 2 is 2.11 bits per heavy atom. The van der Waals surface area contributed by atoms with Crippen molar-refractivity contribution in [1.29, 1.82) is 0 Å². The molecule has 1 atom stereocenters. The largest absolute Gasteiger partial charge is 0.496 e. The molecule has 1 aromatic carbocycles. The maximum absolute atomic E-state index is 14.0. The van der Waals surface area contributed by atoms with Gasteiger partial charge in [-0.25, -0.2) is 4.39 Å². The summed E-state index contributed by atoms with van der Waals surface area (Å²) in [7, 11) is 3.45. The highest BCUT2D eigenvalue weighted by atomic mass is 32.1. The van der Waals surface area contributed by atoms with E-state index in [1.54, 1.807) is 24.5 Å². The predicted molar refractivity (Wildman–Crippen MR) is 72.9 cm³/mol. The predicted octanol–water partition coefficient (Wildman–Crippen LogP) is 3.51. The number of benzene rings is 1. The molecular formula is C14H16FNOS. The highest BCUT2D eigenvalue weighted by molar-refractivity contribution is 7.10. The number of hydrogen-bond donors (Lipinski definition) is 1. The van der Waals surface area contributed by atoms with Crippen LogP contribution in [0.4, 0.5) is 4.39 Å². The molecule has 2 aromatic rings. The zero-order valence-corrected chi connectivity index (χ0v) is 11.5. The number of methoxy groups -OCH3 is 1. The van der Waals surface area contributed by atoms with Crippen LogP contribution in [0.3, 0.4) is 0 Å². The third-order valence-corrected chi connectivity index (χ3v) is 3.85. The van der Waals surface area contributed by atoms with Gasteiger partial charge in [0.1, 0.15) is 11.6 Å². The van der Waals surface area contributed by atoms with Gasteiger partial charge in [-0.05, 0) is 31.5 Å². The van der Waals surface area contributed by atoms with Crippen molar-refractivity contribution in [3.63, 3.8) is 0 Å². The van der Waals surface area contributed by atoms with Gasteiger partial charge in [-0.1, -0.05) is 17.7 Å². The Bertz CT molecular complexity index is 538. The fourth-order valence-electron chi connectivity index (χ4n) is 2.00. The Morgan fingerprint density at radius 3 is 2.78 bits per heavy atom. The summed E-state index contributed by atoms with van der Waals surface area (Å²) in [5.74, 6) is 0.593. The second kappa shape index (κ2) is 5.50. The smallest absolute Gasteiger partial charge is 0.134 e. The van der Waals surface area contributed by atoms with Crippen LogP contribution < -0.4 is 10.1 Å². The summed E-state index contributed by atoms with van der Waals surface area (Å²) in [5, 5.41) is 5.10. The first-order chi connectivity index (χ1) is 8.67. The number of hydrogen-bond acceptors (Lipinski definition) is 3. The minimum absolute atomic E-state index is 0.181. The van der Waals surface area contributed by atoms with Crippen LogP contribution in [0.2, 0.25) is 0 Å². The van der Waals surface area contributed by atoms with Gasteiger partial charge in [0, 0.05) is 5.56 Å². The quantitative estimate of drug-likeness (QED) is 0.913. The van der Waals surface area contributed by atoms with Crippen LogP contribution in [0.5, 0.6) is 5.75 Å². The molecule has 0 spiro atoms. The number of aryl methyl sites for hydroxylation is 1. The van der Waals surface area contributed by atoms with Crippen LogP contribution in [-0.2, 0) is 0 Å². The normalized spacial score (nSPS) is 12.4. The van der Waals surface area contributed by atoms with E-state index in [1.165, 1.54) is 6.07 Å². The van der Waals surface area contributed by atoms with E-state index in [0.29, 0.717) is 5.56 Å². The van der Waals surface area contributed by atoms with Crippen LogP contribution in [0.15, 0.2) is 29.6 Å². The molecule has 0 saturated carbocycles. The molecule has 1 N–H and O–H groups in total. The molecule has 2 rings (SSSR count). The lowest BCUT2D eigenvalue weighted by Gasteiger charge is -2.18. The highest BCUT2D eigenvalue weighted by Crippen LogP contribution is 2.35. The van der Waals surface area contributed by atoms with Crippen molar-refractivity contribution in [3.8, 4) is 5.75 Å². The lowest BCUT2D eigenvalue weighted by molar-refractivity contribution is 0.408. The lowest BCUT2D eigenvalue weighted by Crippen LogP contribution is -2.18. The van der Waals surface area contributed by atoms with Crippen molar-refractivity contribution in [3.05, 3.63) is 51.5 Å². The van der Waals surface area contributed by atoms with E-state index in [4.69, 9.17) is 4.74 Å². The highest BCUT2D eigenvalue weighted by Gasteiger charge is 2.21. The number of halogens is 1. The van der Waals surface area contributed by atoms with Crippen molar-refractivity contribution >= 4 is 11.3 Å². The van der Waals surface area contributed by atoms with Crippen molar-refractivity contribution in [2.75, 3.05) is 14.2 Å². The Balaban J connectivity index is 2.48. The fourth-order valence-corrected chi connectivity index (χ4v) is 2.99. The summed E-state index contributed by atoms with van der Waals surface area (Å²) in [6.07, 6.45) is 0. The third kappa shape index (κ3) is 2.40. The van der Waals surface area contributed by atoms with Gasteiger partial charge < -0.3 is 10.1 Å². The number of ether oxygens (including phenoxy) is 1. The van der Waals surface area contributed by atoms with E-state index in [9.17, 15) is 4.39 Å². The second-order valence-corrected chi connectivity index (χ2v) is 5.05. The number of thiophene rings is 1. The Hall–Kier alpha value is -1.39. The lowest BCUT2D eigenvalue weighted by atomic mass is 10.0. The maximum atomic E-state index is 14.0. The molecule has 0 aliphatic rings. The molecule has 18 heavy (non-hydrogen) atoms. The van der Waals surface area contributed by atoms with E-state index < -0.39 is 0 Å². The second-order valence-electron chi connectivity index (χ2n) is 4.10. The van der Waals surface area contributed by atoms with Gasteiger partial charge in [-0.15, -0.1) is 11.3 Å². The Morgan fingerprint density at radius 1 is 1.33 bits per heavy atom. The maximum Gasteiger partial charge on any atom is 0.134 e. The first-order valence-corrected chi connectivity index (χ1v) is 6.60. The van der Waals surface area contributed by atoms with Gasteiger partial charge in [-0.2, -0.15) is 0 Å². The van der Waals surface area contributed by atoms with Gasteiger partial charge in [0.25, 0.3) is 0 Å². The van der Waals surface area contributed by atoms with Crippen molar-refractivity contribution < 1.29 is 9.13 Å². The molecule has 96 valence electrons. The first kappa shape index (κ1) is 13.1. The Kier molecular flexibility index (Phi) is 3.99. The molecule has 2 nitrogen and oxygen atoms in total. The van der Waals surface area contributed by atoms with Crippen LogP contribution in [-0.4, -0.2) is 14.2 Å². The van der Waals surface area contributed by atoms with E-state index in [2.05, 4.69) is 5.32 Å². The molecule has 0 saturated heterocycles. The average molecular weight is 265 g/mol. The van der Waals surface area contributed by atoms with Gasteiger partial charge in [0.15, 0.2) is 0 Å². The van der Waals surface area contributed by atoms with Crippen molar-refractivity contribution in [1.82, 2.24) is 5.32 Å². The summed E-state index contributed by atoms with van der Waals surface area (Å²) in [4.78, 5) is 0.990. The van der Waals surface area contributed by atoms with E-state index in [-0.39, 0.29) is 11.9 Å². The monoisotopic (exact) mass is 265 g/mol. The summed E-state index contributed by atoms with van der Waals surface area (Å²) >= 11 is 1.56. The number of nitrogens with one attached hydrogen (secondary N) is 1. The standard InChI is InChI=1S/C14H16FNOS/c1-9-4-5-11(15)10(8-9)13(16-2)14-12(17-3)6-7-18-14/h4-8,13,16H,1-3H3. The molecule has 1 aromatic heterocycles. The molecule has 1 unspecified atom stereocenters. The van der Waals surface area contributed by atoms with Gasteiger partial charge in [-0.3, -0.25) is 0 Å². The molecule has 0 aliphatic heterocycles. The molecule has 0 aliphatic carbocycles. The van der Waals surface area contributed by atoms with Crippen molar-refractivity contribution in [2.45, 2.75) is 13.0 Å². The van der Waals surface area contributed by atoms with Gasteiger partial charge >= 0.3 is 0 Å².